The number of nitrogens with zero attached hydrogens (tertiary/aromatic N) is 2. The number of benzene rings is 3. The van der Waals surface area contributed by atoms with Gasteiger partial charge in [0.25, 0.3) is 0 Å². The summed E-state index contributed by atoms with van der Waals surface area (Å²) in [5, 5.41) is 10.5. The van der Waals surface area contributed by atoms with Gasteiger partial charge in [0.1, 0.15) is 0 Å². The topological polar surface area (TPSA) is 104 Å². The van der Waals surface area contributed by atoms with Crippen LogP contribution in [0.5, 0.6) is 11.5 Å². The van der Waals surface area contributed by atoms with E-state index in [-0.39, 0.29) is 41.5 Å². The van der Waals surface area contributed by atoms with Gasteiger partial charge in [-0.2, -0.15) is 0 Å². The van der Waals surface area contributed by atoms with E-state index in [9.17, 15) is 24.3 Å². The third-order valence-corrected chi connectivity index (χ3v) is 9.92. The first-order valence-electron chi connectivity index (χ1n) is 14.8. The SMILES string of the molecule is CCOc1cc([C@H]2C3=CC[C@@H]4C(=O)N(c5ccccc5)C(=O)[C@@H]4[C@@H]3C[C@H]3C(=O)N(c4ccccc4)C(=O)[C@@]23C)ccc1O. The second-order valence-electron chi connectivity index (χ2n) is 12.0. The fraction of sp³-hybridized carbons (Fsp3) is 0.314. The normalized spacial score (nSPS) is 29.7. The Morgan fingerprint density at radius 1 is 0.837 bits per heavy atom. The van der Waals surface area contributed by atoms with Crippen molar-refractivity contribution in [1.82, 2.24) is 0 Å². The molecule has 2 aliphatic heterocycles. The number of imide groups is 2. The predicted octanol–water partition coefficient (Wildman–Crippen LogP) is 5.23. The molecule has 8 heteroatoms. The van der Waals surface area contributed by atoms with Gasteiger partial charge >= 0.3 is 0 Å². The summed E-state index contributed by atoms with van der Waals surface area (Å²) in [6.45, 7) is 4.00. The lowest BCUT2D eigenvalue weighted by molar-refractivity contribution is -0.131. The van der Waals surface area contributed by atoms with Gasteiger partial charge in [0.2, 0.25) is 23.6 Å². The summed E-state index contributed by atoms with van der Waals surface area (Å²) in [5.41, 5.74) is 1.49. The highest BCUT2D eigenvalue weighted by molar-refractivity contribution is 6.25. The van der Waals surface area contributed by atoms with Gasteiger partial charge in [0.15, 0.2) is 11.5 Å². The standard InChI is InChI=1S/C35H32N2O6/c1-3-43-28-18-20(14-17-27(28)38)30-23-15-16-24-29(33(41)36(31(24)39)21-10-6-4-7-11-21)25(23)19-26-32(40)37(34(42)35(26,30)2)22-12-8-5-9-13-22/h4-15,17-18,24-26,29-30,38H,3,16,19H2,1-2H3/t24-,25+,26-,29-,30-,35+/m0/s1. The molecule has 0 unspecified atom stereocenters. The zero-order valence-electron chi connectivity index (χ0n) is 24.0. The maximum Gasteiger partial charge on any atom is 0.241 e. The third kappa shape index (κ3) is 3.82. The quantitative estimate of drug-likeness (QED) is 0.330. The minimum Gasteiger partial charge on any atom is -0.504 e. The van der Waals surface area contributed by atoms with Crippen LogP contribution >= 0.6 is 0 Å². The second-order valence-corrected chi connectivity index (χ2v) is 12.0. The van der Waals surface area contributed by atoms with Gasteiger partial charge in [0.05, 0.1) is 41.2 Å². The van der Waals surface area contributed by atoms with Crippen LogP contribution in [0.2, 0.25) is 0 Å². The van der Waals surface area contributed by atoms with Gasteiger partial charge in [-0.25, -0.2) is 4.90 Å². The molecule has 2 saturated heterocycles. The molecule has 2 heterocycles. The molecule has 2 aliphatic carbocycles. The molecular weight excluding hydrogens is 544 g/mol. The van der Waals surface area contributed by atoms with Crippen LogP contribution in [0.15, 0.2) is 90.5 Å². The Kier molecular flexibility index (Phi) is 6.27. The number of hydrogen-bond acceptors (Lipinski definition) is 6. The Hall–Kier alpha value is -4.72. The van der Waals surface area contributed by atoms with Gasteiger partial charge in [0, 0.05) is 5.92 Å². The van der Waals surface area contributed by atoms with E-state index in [0.29, 0.717) is 24.4 Å². The number of amides is 4. The molecule has 4 aliphatic rings. The van der Waals surface area contributed by atoms with E-state index in [4.69, 9.17) is 4.74 Å². The average molecular weight is 577 g/mol. The molecule has 3 aromatic rings. The van der Waals surface area contributed by atoms with Crippen LogP contribution in [-0.2, 0) is 19.2 Å². The lowest BCUT2D eigenvalue weighted by Crippen LogP contribution is -2.48. The summed E-state index contributed by atoms with van der Waals surface area (Å²) in [7, 11) is 0. The number of para-hydroxylation sites is 2. The maximum atomic E-state index is 14.5. The third-order valence-electron chi connectivity index (χ3n) is 9.92. The van der Waals surface area contributed by atoms with E-state index in [1.807, 2.05) is 32.1 Å². The van der Waals surface area contributed by atoms with E-state index < -0.39 is 35.0 Å². The smallest absolute Gasteiger partial charge is 0.241 e. The summed E-state index contributed by atoms with van der Waals surface area (Å²) in [5.74, 6) is -3.72. The highest BCUT2D eigenvalue weighted by atomic mass is 16.5. The van der Waals surface area contributed by atoms with E-state index in [1.54, 1.807) is 66.7 Å². The molecule has 8 nitrogen and oxygen atoms in total. The first-order chi connectivity index (χ1) is 20.8. The van der Waals surface area contributed by atoms with E-state index in [1.165, 1.54) is 9.80 Å². The number of carbonyl (C=O) groups is 4. The number of allylic oxidation sites excluding steroid dienone is 2. The van der Waals surface area contributed by atoms with Crippen LogP contribution in [0, 0.1) is 29.1 Å². The Balaban J connectivity index is 1.38. The maximum absolute atomic E-state index is 14.5. The molecule has 43 heavy (non-hydrogen) atoms. The molecular formula is C35H32N2O6. The van der Waals surface area contributed by atoms with Crippen molar-refractivity contribution < 1.29 is 29.0 Å². The molecule has 4 amide bonds. The van der Waals surface area contributed by atoms with Gasteiger partial charge in [-0.15, -0.1) is 0 Å². The first-order valence-corrected chi connectivity index (χ1v) is 14.8. The van der Waals surface area contributed by atoms with Crippen molar-refractivity contribution in [2.24, 2.45) is 29.1 Å². The fourth-order valence-electron chi connectivity index (χ4n) is 8.03. The second kappa shape index (κ2) is 9.93. The molecule has 3 fully saturated rings. The highest BCUT2D eigenvalue weighted by Crippen LogP contribution is 2.64. The van der Waals surface area contributed by atoms with Crippen LogP contribution in [0.3, 0.4) is 0 Å². The monoisotopic (exact) mass is 576 g/mol. The number of ether oxygens (including phenoxy) is 1. The number of phenolic OH excluding ortho intramolecular Hbond substituents is 1. The number of carbonyl (C=O) groups excluding carboxylic acids is 4. The van der Waals surface area contributed by atoms with Crippen LogP contribution in [0.4, 0.5) is 11.4 Å². The molecule has 0 radical (unpaired) electrons. The first kappa shape index (κ1) is 27.1. The Morgan fingerprint density at radius 3 is 2.14 bits per heavy atom. The summed E-state index contributed by atoms with van der Waals surface area (Å²) in [6, 6.07) is 22.9. The van der Waals surface area contributed by atoms with Crippen LogP contribution in [0.25, 0.3) is 0 Å². The average Bonchev–Trinajstić information content (AvgIpc) is 3.39. The summed E-state index contributed by atoms with van der Waals surface area (Å²) < 4.78 is 5.71. The molecule has 7 rings (SSSR count). The molecule has 6 atom stereocenters. The van der Waals surface area contributed by atoms with Crippen molar-refractivity contribution in [2.75, 3.05) is 16.4 Å². The molecule has 218 valence electrons. The van der Waals surface area contributed by atoms with Crippen LogP contribution in [0.1, 0.15) is 38.2 Å². The van der Waals surface area contributed by atoms with Gasteiger partial charge in [-0.1, -0.05) is 54.1 Å². The van der Waals surface area contributed by atoms with Crippen molar-refractivity contribution in [3.8, 4) is 11.5 Å². The molecule has 1 N–H and O–H groups in total. The van der Waals surface area contributed by atoms with E-state index in [2.05, 4.69) is 0 Å². The van der Waals surface area contributed by atoms with Crippen molar-refractivity contribution in [1.29, 1.82) is 0 Å². The van der Waals surface area contributed by atoms with Crippen LogP contribution in [-0.4, -0.2) is 35.3 Å². The van der Waals surface area contributed by atoms with Crippen molar-refractivity contribution in [3.63, 3.8) is 0 Å². The largest absolute Gasteiger partial charge is 0.504 e. The van der Waals surface area contributed by atoms with E-state index >= 15 is 0 Å². The van der Waals surface area contributed by atoms with Crippen molar-refractivity contribution in [3.05, 3.63) is 96.1 Å². The van der Waals surface area contributed by atoms with Gasteiger partial charge < -0.3 is 9.84 Å². The number of phenols is 1. The van der Waals surface area contributed by atoms with Gasteiger partial charge in [-0.3, -0.25) is 24.1 Å². The molecule has 3 aromatic carbocycles. The lowest BCUT2D eigenvalue weighted by atomic mass is 9.51. The molecule has 0 spiro atoms. The lowest BCUT2D eigenvalue weighted by Gasteiger charge is -2.49. The van der Waals surface area contributed by atoms with Crippen molar-refractivity contribution in [2.45, 2.75) is 32.6 Å². The number of rotatable bonds is 5. The highest BCUT2D eigenvalue weighted by Gasteiger charge is 2.67. The number of hydrogen-bond donors (Lipinski definition) is 1. The number of aromatic hydroxyl groups is 1. The Bertz CT molecular complexity index is 1680. The molecule has 0 aromatic heterocycles. The minimum atomic E-state index is -1.16. The zero-order valence-corrected chi connectivity index (χ0v) is 24.0. The minimum absolute atomic E-state index is 0.0212. The Morgan fingerprint density at radius 2 is 1.49 bits per heavy atom. The summed E-state index contributed by atoms with van der Waals surface area (Å²) in [4.78, 5) is 59.0. The van der Waals surface area contributed by atoms with Gasteiger partial charge in [-0.05, 0) is 74.6 Å². The predicted molar refractivity (Wildman–Crippen MR) is 159 cm³/mol. The fourth-order valence-corrected chi connectivity index (χ4v) is 8.03. The molecule has 0 bridgehead atoms. The Labute approximate surface area is 249 Å². The van der Waals surface area contributed by atoms with Crippen molar-refractivity contribution >= 4 is 35.0 Å². The number of anilines is 2. The van der Waals surface area contributed by atoms with E-state index in [0.717, 1.165) is 11.1 Å². The summed E-state index contributed by atoms with van der Waals surface area (Å²) in [6.07, 6.45) is 2.67. The number of fused-ring (bicyclic) bond motifs is 4. The zero-order chi connectivity index (χ0) is 30.0. The van der Waals surface area contributed by atoms with Crippen LogP contribution < -0.4 is 14.5 Å². The summed E-state index contributed by atoms with van der Waals surface area (Å²) >= 11 is 0. The molecule has 1 saturated carbocycles.